The average molecular weight is 346 g/mol. The van der Waals surface area contributed by atoms with E-state index in [0.29, 0.717) is 6.10 Å². The van der Waals surface area contributed by atoms with Crippen LogP contribution in [0.5, 0.6) is 5.75 Å². The van der Waals surface area contributed by atoms with Crippen LogP contribution in [-0.2, 0) is 0 Å². The number of nitrogens with one attached hydrogen (secondary N) is 1. The molecule has 1 unspecified atom stereocenters. The van der Waals surface area contributed by atoms with E-state index >= 15 is 0 Å². The molecule has 1 aliphatic carbocycles. The SMILES string of the molecule is CNC(c1cccc(OC2CC2)c1)c1cc(C)ccc1Br. The van der Waals surface area contributed by atoms with Crippen molar-refractivity contribution in [3.63, 3.8) is 0 Å². The molecule has 0 amide bonds. The van der Waals surface area contributed by atoms with Gasteiger partial charge in [-0.15, -0.1) is 0 Å². The normalized spacial score (nSPS) is 15.8. The molecule has 1 saturated carbocycles. The Labute approximate surface area is 134 Å². The molecule has 0 saturated heterocycles. The minimum atomic E-state index is 0.155. The van der Waals surface area contributed by atoms with Crippen LogP contribution >= 0.6 is 15.9 Å². The molecule has 3 heteroatoms. The van der Waals surface area contributed by atoms with Crippen LogP contribution in [0, 0.1) is 6.92 Å². The van der Waals surface area contributed by atoms with Crippen molar-refractivity contribution < 1.29 is 4.74 Å². The van der Waals surface area contributed by atoms with E-state index < -0.39 is 0 Å². The molecular weight excluding hydrogens is 326 g/mol. The zero-order valence-electron chi connectivity index (χ0n) is 12.4. The van der Waals surface area contributed by atoms with Crippen molar-refractivity contribution >= 4 is 15.9 Å². The van der Waals surface area contributed by atoms with Crippen LogP contribution in [0.4, 0.5) is 0 Å². The summed E-state index contributed by atoms with van der Waals surface area (Å²) < 4.78 is 7.04. The van der Waals surface area contributed by atoms with Gasteiger partial charge in [0.25, 0.3) is 0 Å². The van der Waals surface area contributed by atoms with Crippen molar-refractivity contribution in [2.45, 2.75) is 31.9 Å². The Morgan fingerprint density at radius 1 is 1.19 bits per heavy atom. The molecule has 1 fully saturated rings. The highest BCUT2D eigenvalue weighted by Crippen LogP contribution is 2.32. The zero-order chi connectivity index (χ0) is 14.8. The van der Waals surface area contributed by atoms with E-state index in [4.69, 9.17) is 4.74 Å². The van der Waals surface area contributed by atoms with Gasteiger partial charge in [0.2, 0.25) is 0 Å². The monoisotopic (exact) mass is 345 g/mol. The largest absolute Gasteiger partial charge is 0.490 e. The highest BCUT2D eigenvalue weighted by molar-refractivity contribution is 9.10. The summed E-state index contributed by atoms with van der Waals surface area (Å²) in [6, 6.07) is 15.0. The van der Waals surface area contributed by atoms with Crippen molar-refractivity contribution in [3.8, 4) is 5.75 Å². The number of benzene rings is 2. The van der Waals surface area contributed by atoms with Gasteiger partial charge in [0.1, 0.15) is 5.75 Å². The first-order valence-electron chi connectivity index (χ1n) is 7.37. The van der Waals surface area contributed by atoms with Gasteiger partial charge >= 0.3 is 0 Å². The maximum Gasteiger partial charge on any atom is 0.120 e. The summed E-state index contributed by atoms with van der Waals surface area (Å²) in [4.78, 5) is 0. The van der Waals surface area contributed by atoms with Crippen molar-refractivity contribution in [1.82, 2.24) is 5.32 Å². The van der Waals surface area contributed by atoms with Crippen LogP contribution in [0.15, 0.2) is 46.9 Å². The van der Waals surface area contributed by atoms with Crippen molar-refractivity contribution in [2.24, 2.45) is 0 Å². The van der Waals surface area contributed by atoms with Crippen molar-refractivity contribution in [3.05, 3.63) is 63.6 Å². The maximum atomic E-state index is 5.91. The van der Waals surface area contributed by atoms with E-state index in [1.807, 2.05) is 13.1 Å². The lowest BCUT2D eigenvalue weighted by molar-refractivity contribution is 0.302. The summed E-state index contributed by atoms with van der Waals surface area (Å²) in [5, 5.41) is 3.41. The van der Waals surface area contributed by atoms with Gasteiger partial charge in [-0.2, -0.15) is 0 Å². The minimum Gasteiger partial charge on any atom is -0.490 e. The van der Waals surface area contributed by atoms with Gasteiger partial charge < -0.3 is 10.1 Å². The quantitative estimate of drug-likeness (QED) is 0.854. The van der Waals surface area contributed by atoms with Crippen LogP contribution in [0.2, 0.25) is 0 Å². The molecule has 2 nitrogen and oxygen atoms in total. The molecule has 2 aromatic carbocycles. The Hall–Kier alpha value is -1.32. The Kier molecular flexibility index (Phi) is 4.32. The highest BCUT2D eigenvalue weighted by Gasteiger charge is 2.24. The fraction of sp³-hybridized carbons (Fsp3) is 0.333. The van der Waals surface area contributed by atoms with Gasteiger partial charge in [0, 0.05) is 4.47 Å². The van der Waals surface area contributed by atoms with E-state index in [2.05, 4.69) is 64.6 Å². The summed E-state index contributed by atoms with van der Waals surface area (Å²) in [7, 11) is 1.99. The van der Waals surface area contributed by atoms with Crippen LogP contribution in [0.25, 0.3) is 0 Å². The smallest absolute Gasteiger partial charge is 0.120 e. The number of hydrogen-bond donors (Lipinski definition) is 1. The first kappa shape index (κ1) is 14.6. The second kappa shape index (κ2) is 6.20. The third-order valence-electron chi connectivity index (χ3n) is 3.77. The number of hydrogen-bond acceptors (Lipinski definition) is 2. The minimum absolute atomic E-state index is 0.155. The predicted octanol–water partition coefficient (Wildman–Crippen LogP) is 4.61. The molecule has 110 valence electrons. The van der Waals surface area contributed by atoms with Crippen LogP contribution in [0.1, 0.15) is 35.6 Å². The Balaban J connectivity index is 1.93. The molecule has 0 radical (unpaired) electrons. The van der Waals surface area contributed by atoms with E-state index in [9.17, 15) is 0 Å². The summed E-state index contributed by atoms with van der Waals surface area (Å²) in [5.74, 6) is 0.971. The summed E-state index contributed by atoms with van der Waals surface area (Å²) in [5.41, 5.74) is 3.74. The lowest BCUT2D eigenvalue weighted by Crippen LogP contribution is -2.18. The Morgan fingerprint density at radius 3 is 2.71 bits per heavy atom. The molecule has 3 rings (SSSR count). The molecule has 0 spiro atoms. The number of aryl methyl sites for hydroxylation is 1. The standard InChI is InChI=1S/C18H20BrNO/c1-12-6-9-17(19)16(10-12)18(20-2)13-4-3-5-15(11-13)21-14-7-8-14/h3-6,9-11,14,18,20H,7-8H2,1-2H3. The zero-order valence-corrected chi connectivity index (χ0v) is 14.0. The predicted molar refractivity (Wildman–Crippen MR) is 89.9 cm³/mol. The summed E-state index contributed by atoms with van der Waals surface area (Å²) in [6.07, 6.45) is 2.80. The average Bonchev–Trinajstić information content (AvgIpc) is 3.28. The van der Waals surface area contributed by atoms with Crippen molar-refractivity contribution in [2.75, 3.05) is 7.05 Å². The van der Waals surface area contributed by atoms with Crippen LogP contribution in [-0.4, -0.2) is 13.2 Å². The van der Waals surface area contributed by atoms with Gasteiger partial charge in [-0.3, -0.25) is 0 Å². The molecule has 21 heavy (non-hydrogen) atoms. The fourth-order valence-corrected chi connectivity index (χ4v) is 3.01. The van der Waals surface area contributed by atoms with Gasteiger partial charge in [-0.1, -0.05) is 45.8 Å². The van der Waals surface area contributed by atoms with Crippen LogP contribution < -0.4 is 10.1 Å². The van der Waals surface area contributed by atoms with E-state index in [-0.39, 0.29) is 6.04 Å². The summed E-state index contributed by atoms with van der Waals surface area (Å²) >= 11 is 3.67. The molecule has 1 aliphatic rings. The molecule has 1 atom stereocenters. The first-order chi connectivity index (χ1) is 10.2. The molecule has 2 aromatic rings. The third kappa shape index (κ3) is 3.47. The second-order valence-corrected chi connectivity index (χ2v) is 6.49. The maximum absolute atomic E-state index is 5.91. The topological polar surface area (TPSA) is 21.3 Å². The summed E-state index contributed by atoms with van der Waals surface area (Å²) in [6.45, 7) is 2.12. The van der Waals surface area contributed by atoms with Gasteiger partial charge in [-0.05, 0) is 56.1 Å². The molecule has 0 bridgehead atoms. The molecule has 1 N–H and O–H groups in total. The van der Waals surface area contributed by atoms with E-state index in [0.717, 1.165) is 10.2 Å². The van der Waals surface area contributed by atoms with Crippen LogP contribution in [0.3, 0.4) is 0 Å². The van der Waals surface area contributed by atoms with E-state index in [1.165, 1.54) is 29.5 Å². The molecule has 0 aliphatic heterocycles. The van der Waals surface area contributed by atoms with E-state index in [1.54, 1.807) is 0 Å². The molecular formula is C18H20BrNO. The number of rotatable bonds is 5. The Bertz CT molecular complexity index is 637. The second-order valence-electron chi connectivity index (χ2n) is 5.64. The highest BCUT2D eigenvalue weighted by atomic mass is 79.9. The molecule has 0 aromatic heterocycles. The first-order valence-corrected chi connectivity index (χ1v) is 8.16. The van der Waals surface area contributed by atoms with Crippen molar-refractivity contribution in [1.29, 1.82) is 0 Å². The number of ether oxygens (including phenoxy) is 1. The third-order valence-corrected chi connectivity index (χ3v) is 4.49. The lowest BCUT2D eigenvalue weighted by Gasteiger charge is -2.20. The van der Waals surface area contributed by atoms with Gasteiger partial charge in [-0.25, -0.2) is 0 Å². The Morgan fingerprint density at radius 2 is 2.00 bits per heavy atom. The number of halogens is 1. The van der Waals surface area contributed by atoms with Gasteiger partial charge in [0.05, 0.1) is 12.1 Å². The molecule has 0 heterocycles. The van der Waals surface area contributed by atoms with Gasteiger partial charge in [0.15, 0.2) is 0 Å². The lowest BCUT2D eigenvalue weighted by atomic mass is 9.97. The fourth-order valence-electron chi connectivity index (χ4n) is 2.53.